The summed E-state index contributed by atoms with van der Waals surface area (Å²) in [7, 11) is 0. The molecule has 0 radical (unpaired) electrons. The molecule has 4 aromatic rings. The van der Waals surface area contributed by atoms with Gasteiger partial charge in [-0.2, -0.15) is 0 Å². The third kappa shape index (κ3) is 1.74. The van der Waals surface area contributed by atoms with Crippen molar-refractivity contribution in [1.29, 1.82) is 0 Å². The minimum Gasteiger partial charge on any atom is -0.0823 e. The summed E-state index contributed by atoms with van der Waals surface area (Å²) in [6.07, 6.45) is 0. The van der Waals surface area contributed by atoms with E-state index >= 15 is 0 Å². The Labute approximate surface area is 316 Å². The molecule has 0 amide bonds. The van der Waals surface area contributed by atoms with Gasteiger partial charge in [-0.3, -0.25) is 0 Å². The topological polar surface area (TPSA) is 0 Å². The van der Waals surface area contributed by atoms with Gasteiger partial charge in [-0.15, -0.1) is 0 Å². The van der Waals surface area contributed by atoms with Crippen LogP contribution in [0.5, 0.6) is 0 Å². The molecule has 9 fully saturated rings. The maximum Gasteiger partial charge on any atom is 0.0796 e. The summed E-state index contributed by atoms with van der Waals surface area (Å²) in [5.41, 5.74) is 11.1. The van der Waals surface area contributed by atoms with Gasteiger partial charge in [0.15, 0.2) is 0 Å². The summed E-state index contributed by atoms with van der Waals surface area (Å²) in [4.78, 5) is 0. The molecule has 48 heavy (non-hydrogen) atoms. The van der Waals surface area contributed by atoms with Crippen LogP contribution in [0.4, 0.5) is 0 Å². The van der Waals surface area contributed by atoms with E-state index in [0.29, 0.717) is 87.5 Å². The lowest BCUT2D eigenvalue weighted by Crippen LogP contribution is -2.83. The van der Waals surface area contributed by atoms with Gasteiger partial charge in [0.05, 0.1) is 40.2 Å². The summed E-state index contributed by atoms with van der Waals surface area (Å²) in [6, 6.07) is 19.0. The van der Waals surface area contributed by atoms with Gasteiger partial charge in [-0.25, -0.2) is 0 Å². The van der Waals surface area contributed by atoms with Gasteiger partial charge in [0, 0.05) is 0 Å². The Morgan fingerprint density at radius 1 is 0.292 bits per heavy atom. The van der Waals surface area contributed by atoms with Crippen LogP contribution >= 0.6 is 92.8 Å². The molecule has 0 heterocycles. The third-order valence-electron chi connectivity index (χ3n) is 17.9. The molecule has 0 N–H and O–H groups in total. The average molecular weight is 784 g/mol. The van der Waals surface area contributed by atoms with Crippen LogP contribution in [-0.4, -0.2) is 0 Å². The Kier molecular flexibility index (Phi) is 3.99. The fourth-order valence-corrected chi connectivity index (χ4v) is 21.6. The minimum atomic E-state index is -0.00484. The number of hydrogen-bond donors (Lipinski definition) is 0. The van der Waals surface area contributed by atoms with Crippen molar-refractivity contribution in [3.05, 3.63) is 133 Å². The number of halogens is 8. The molecule has 0 nitrogen and oxygen atoms in total. The van der Waals surface area contributed by atoms with Crippen LogP contribution in [0.25, 0.3) is 0 Å². The number of hydrogen-bond acceptors (Lipinski definition) is 0. The highest BCUT2D eigenvalue weighted by atomic mass is 35.5. The summed E-state index contributed by atoms with van der Waals surface area (Å²) < 4.78 is 0. The number of rotatable bonds is 0. The van der Waals surface area contributed by atoms with Crippen molar-refractivity contribution in [2.45, 2.75) is 47.3 Å². The van der Waals surface area contributed by atoms with E-state index in [1.807, 2.05) is 0 Å². The Bertz CT molecular complexity index is 2140. The fourth-order valence-electron chi connectivity index (χ4n) is 19.4. The zero-order valence-electron chi connectivity index (χ0n) is 24.6. The van der Waals surface area contributed by atoms with Crippen LogP contribution < -0.4 is 0 Å². The Morgan fingerprint density at radius 3 is 0.729 bits per heavy atom. The molecule has 17 aliphatic carbocycles. The first-order valence-electron chi connectivity index (χ1n) is 17.1. The second-order valence-electron chi connectivity index (χ2n) is 17.0. The average Bonchev–Trinajstić information content (AvgIpc) is 3.54. The zero-order valence-corrected chi connectivity index (χ0v) is 30.6. The first-order valence-corrected chi connectivity index (χ1v) is 20.1. The van der Waals surface area contributed by atoms with Crippen molar-refractivity contribution in [1.82, 2.24) is 0 Å². The lowest BCUT2D eigenvalue weighted by molar-refractivity contribution is -0.342. The second-order valence-corrected chi connectivity index (χ2v) is 20.1. The zero-order chi connectivity index (χ0) is 31.8. The van der Waals surface area contributed by atoms with Crippen LogP contribution in [0.15, 0.2) is 48.5 Å². The van der Waals surface area contributed by atoms with Crippen molar-refractivity contribution in [2.24, 2.45) is 45.3 Å². The third-order valence-corrected chi connectivity index (χ3v) is 21.6. The number of benzene rings is 4. The van der Waals surface area contributed by atoms with E-state index in [9.17, 15) is 0 Å². The molecule has 17 aliphatic rings. The highest BCUT2D eigenvalue weighted by Crippen LogP contribution is 3.22. The first kappa shape index (κ1) is 26.9. The highest BCUT2D eigenvalue weighted by molar-refractivity contribution is 6.53. The molecule has 4 spiro atoms. The van der Waals surface area contributed by atoms with Crippen molar-refractivity contribution in [3.63, 3.8) is 0 Å². The van der Waals surface area contributed by atoms with Crippen molar-refractivity contribution < 1.29 is 0 Å². The lowest BCUT2D eigenvalue weighted by Gasteiger charge is -2.87. The van der Waals surface area contributed by atoms with Gasteiger partial charge in [-0.1, -0.05) is 141 Å². The van der Waals surface area contributed by atoms with E-state index < -0.39 is 0 Å². The van der Waals surface area contributed by atoms with E-state index in [2.05, 4.69) is 48.5 Å². The molecule has 0 saturated heterocycles. The lowest BCUT2D eigenvalue weighted by atomic mass is 9.15. The fraction of sp³-hybridized carbons (Fsp3) is 0.400. The van der Waals surface area contributed by atoms with Crippen LogP contribution in [-0.2, 0) is 0 Å². The molecule has 236 valence electrons. The molecule has 4 aromatic carbocycles. The molecule has 0 aromatic heterocycles. The van der Waals surface area contributed by atoms with Gasteiger partial charge in [0.25, 0.3) is 0 Å². The smallest absolute Gasteiger partial charge is 0.0796 e. The molecule has 9 saturated carbocycles. The van der Waals surface area contributed by atoms with Gasteiger partial charge in [0.1, 0.15) is 0 Å². The first-order chi connectivity index (χ1) is 23.2. The normalized spacial score (nSPS) is 50.8. The van der Waals surface area contributed by atoms with Crippen molar-refractivity contribution in [2.75, 3.05) is 0 Å². The van der Waals surface area contributed by atoms with E-state index in [-0.39, 0.29) is 45.3 Å². The molecule has 12 atom stereocenters. The molecule has 8 heteroatoms. The largest absolute Gasteiger partial charge is 0.0823 e. The molecular formula is C40H20Cl8. The predicted octanol–water partition coefficient (Wildman–Crippen LogP) is 13.2. The monoisotopic (exact) mass is 780 g/mol. The molecule has 4 unspecified atom stereocenters. The van der Waals surface area contributed by atoms with Crippen molar-refractivity contribution >= 4 is 92.8 Å². The van der Waals surface area contributed by atoms with Crippen molar-refractivity contribution in [3.8, 4) is 0 Å². The maximum absolute atomic E-state index is 7.50. The SMILES string of the molecule is Clc1c(Cl)c(Cl)c2c(c1Cl)[C@@H]1C3C4[C@H]5c6c(Cl)c(Cl)c(Cl)c(Cl)c6[C@@H]3C36[C@@H]7c8ccccc8[C@H]8C9C7[C@@H]7c%10ccccc%10[C@H]9C([C@@H]24)(C173)C586. The van der Waals surface area contributed by atoms with Crippen LogP contribution in [0.2, 0.25) is 40.2 Å². The van der Waals surface area contributed by atoms with Crippen LogP contribution in [0.1, 0.15) is 91.9 Å². The van der Waals surface area contributed by atoms with E-state index in [4.69, 9.17) is 92.8 Å². The Hall–Kier alpha value is -0.800. The maximum atomic E-state index is 7.50. The van der Waals surface area contributed by atoms with Gasteiger partial charge < -0.3 is 0 Å². The Morgan fingerprint density at radius 2 is 0.500 bits per heavy atom. The quantitative estimate of drug-likeness (QED) is 0.123. The van der Waals surface area contributed by atoms with Crippen LogP contribution in [0.3, 0.4) is 0 Å². The van der Waals surface area contributed by atoms with E-state index in [1.165, 1.54) is 22.3 Å². The summed E-state index contributed by atoms with van der Waals surface area (Å²) in [6.45, 7) is 0. The molecule has 0 aliphatic heterocycles. The predicted molar refractivity (Wildman–Crippen MR) is 191 cm³/mol. The second kappa shape index (κ2) is 7.11. The summed E-state index contributed by atoms with van der Waals surface area (Å²) in [5.74, 6) is 4.28. The highest BCUT2D eigenvalue weighted by Gasteiger charge is 3.16. The van der Waals surface area contributed by atoms with Crippen LogP contribution in [0, 0.1) is 45.3 Å². The van der Waals surface area contributed by atoms with E-state index in [1.54, 1.807) is 22.3 Å². The van der Waals surface area contributed by atoms with Gasteiger partial charge in [-0.05, 0) is 137 Å². The minimum absolute atomic E-state index is 0.00484. The van der Waals surface area contributed by atoms with Gasteiger partial charge in [0.2, 0.25) is 0 Å². The summed E-state index contributed by atoms with van der Waals surface area (Å²) >= 11 is 58.1. The van der Waals surface area contributed by atoms with Gasteiger partial charge >= 0.3 is 0 Å². The standard InChI is InChI=1S/C40H20Cl8/c41-29-17-18(30(42)34(46)33(29)45)26-16-15-25(17)37-21-9-5-1-2-6-10(9)22-14-13(21)23-11-7-3-4-8-12(11)24(14)40(38(22,26)37)28(16)20-19(27(15)39(23,37)40)31(43)35(47)36(48)32(20)44/h1-8,13-16,21-28H/t13?,14?,15?,16?,21-,22+,23+,24-,25-,26+,27+,28-,37?,38?,39?,40?. The molecular weight excluding hydrogens is 764 g/mol. The summed E-state index contributed by atoms with van der Waals surface area (Å²) in [5, 5.41) is 4.02. The van der Waals surface area contributed by atoms with E-state index in [0.717, 1.165) is 0 Å². The Balaban J connectivity index is 1.24. The molecule has 21 rings (SSSR count). The molecule has 16 bridgehead atoms.